The highest BCUT2D eigenvalue weighted by Crippen LogP contribution is 2.59. The zero-order valence-corrected chi connectivity index (χ0v) is 10.0. The van der Waals surface area contributed by atoms with Crippen LogP contribution >= 0.6 is 0 Å². The molecule has 24 heavy (non-hydrogen) atoms. The molecule has 0 aromatic rings. The maximum absolute atomic E-state index is 12.7. The molecule has 0 fully saturated rings. The average Bonchev–Trinajstić information content (AvgIpc) is 2.23. The summed E-state index contributed by atoms with van der Waals surface area (Å²) >= 11 is 0. The van der Waals surface area contributed by atoms with Crippen molar-refractivity contribution in [1.82, 2.24) is 0 Å². The third kappa shape index (κ3) is 3.32. The summed E-state index contributed by atoms with van der Waals surface area (Å²) in [5.74, 6) is -38.6. The highest BCUT2D eigenvalue weighted by molar-refractivity contribution is 5.14. The zero-order chi connectivity index (χ0) is 20.2. The number of hydrogen-bond acceptors (Lipinski definition) is 0. The van der Waals surface area contributed by atoms with Gasteiger partial charge in [0.25, 0.3) is 0 Å². The fourth-order valence-corrected chi connectivity index (χ4v) is 0.919. The summed E-state index contributed by atoms with van der Waals surface area (Å²) in [6.45, 7) is 0. The lowest BCUT2D eigenvalue weighted by Gasteiger charge is -2.37. The summed E-state index contributed by atoms with van der Waals surface area (Å²) in [4.78, 5) is 0. The Morgan fingerprint density at radius 2 is 0.667 bits per heavy atom. The van der Waals surface area contributed by atoms with Crippen LogP contribution < -0.4 is 0 Å². The molecule has 0 bridgehead atoms. The predicted octanol–water partition coefficient (Wildman–Crippen LogP) is 5.37. The van der Waals surface area contributed by atoms with Crippen molar-refractivity contribution in [2.24, 2.45) is 0 Å². The second kappa shape index (κ2) is 5.44. The molecule has 0 nitrogen and oxygen atoms in total. The molecule has 0 aromatic heterocycles. The molecule has 0 atom stereocenters. The van der Waals surface area contributed by atoms with E-state index in [-0.39, 0.29) is 0 Å². The normalized spacial score (nSPS) is 16.5. The van der Waals surface area contributed by atoms with E-state index in [4.69, 9.17) is 0 Å². The van der Waals surface area contributed by atoms with Gasteiger partial charge in [-0.15, -0.1) is 0 Å². The molecule has 0 aliphatic rings. The minimum Gasteiger partial charge on any atom is -0.199 e. The van der Waals surface area contributed by atoms with Crippen LogP contribution in [0.25, 0.3) is 0 Å². The summed E-state index contributed by atoms with van der Waals surface area (Å²) < 4.78 is 194. The van der Waals surface area contributed by atoms with E-state index >= 15 is 0 Å². The van der Waals surface area contributed by atoms with Crippen LogP contribution in [0.3, 0.4) is 0 Å². The van der Waals surface area contributed by atoms with Crippen LogP contribution in [0.1, 0.15) is 0 Å². The SMILES string of the molecule is FC(F)(F)C(F)(F)[C]C(F)(F)C(F)(F)C(F)(F)C(F)(F)C(F)(F)F. The van der Waals surface area contributed by atoms with Gasteiger partial charge in [0.05, 0.1) is 0 Å². The third-order valence-corrected chi connectivity index (χ3v) is 2.21. The molecule has 0 rings (SSSR count). The Kier molecular flexibility index (Phi) is 5.18. The molecule has 0 unspecified atom stereocenters. The second-order valence-electron chi connectivity index (χ2n) is 3.99. The summed E-state index contributed by atoms with van der Waals surface area (Å²) in [5, 5.41) is 0. The van der Waals surface area contributed by atoms with Crippen LogP contribution in [0, 0.1) is 6.42 Å². The Labute approximate surface area is 120 Å². The largest absolute Gasteiger partial charge is 0.460 e. The number of hydrogen-bond donors (Lipinski definition) is 0. The molecule has 0 spiro atoms. The molecule has 0 N–H and O–H groups in total. The molecular weight excluding hydrogens is 400 g/mol. The van der Waals surface area contributed by atoms with Gasteiger partial charge in [-0.1, -0.05) is 0 Å². The standard InChI is InChI=1S/C8F16/c9-2(10,1-3(11,12)7(19,20)21)4(13,14)5(15,16)6(17,18)8(22,23)24. The van der Waals surface area contributed by atoms with Gasteiger partial charge in [0.2, 0.25) is 0 Å². The fraction of sp³-hybridized carbons (Fsp3) is 0.875. The lowest BCUT2D eigenvalue weighted by molar-refractivity contribution is -0.421. The quantitative estimate of drug-likeness (QED) is 0.545. The maximum Gasteiger partial charge on any atom is 0.460 e. The second-order valence-corrected chi connectivity index (χ2v) is 3.99. The zero-order valence-electron chi connectivity index (χ0n) is 10.0. The van der Waals surface area contributed by atoms with Crippen molar-refractivity contribution in [2.75, 3.05) is 0 Å². The molecule has 0 aliphatic carbocycles. The molecule has 0 aliphatic heterocycles. The van der Waals surface area contributed by atoms with E-state index < -0.39 is 48.4 Å². The topological polar surface area (TPSA) is 0 Å². The van der Waals surface area contributed by atoms with Gasteiger partial charge in [0.15, 0.2) is 6.42 Å². The number of rotatable bonds is 5. The Bertz CT molecular complexity index is 450. The minimum atomic E-state index is -8.10. The van der Waals surface area contributed by atoms with E-state index in [1.807, 2.05) is 0 Å². The van der Waals surface area contributed by atoms with E-state index in [2.05, 4.69) is 0 Å². The summed E-state index contributed by atoms with van der Waals surface area (Å²) in [6, 6.07) is 0. The van der Waals surface area contributed by atoms with Crippen LogP contribution in [-0.4, -0.2) is 42.0 Å². The molecule has 144 valence electrons. The summed E-state index contributed by atoms with van der Waals surface area (Å²) in [6.07, 6.45) is -16.3. The first-order chi connectivity index (χ1) is 9.96. The molecule has 0 heterocycles. The first-order valence-electron chi connectivity index (χ1n) is 4.77. The van der Waals surface area contributed by atoms with Crippen molar-refractivity contribution in [3.63, 3.8) is 0 Å². The predicted molar refractivity (Wildman–Crippen MR) is 40.1 cm³/mol. The van der Waals surface area contributed by atoms with E-state index in [0.717, 1.165) is 0 Å². The van der Waals surface area contributed by atoms with Gasteiger partial charge >= 0.3 is 42.0 Å². The van der Waals surface area contributed by atoms with Gasteiger partial charge in [-0.25, -0.2) is 0 Å². The van der Waals surface area contributed by atoms with Crippen LogP contribution in [0.15, 0.2) is 0 Å². The van der Waals surface area contributed by atoms with Gasteiger partial charge < -0.3 is 0 Å². The van der Waals surface area contributed by atoms with E-state index in [1.54, 1.807) is 0 Å². The summed E-state index contributed by atoms with van der Waals surface area (Å²) in [5.41, 5.74) is 0. The highest BCUT2D eigenvalue weighted by Gasteiger charge is 2.88. The molecular formula is C8F16. The van der Waals surface area contributed by atoms with Crippen molar-refractivity contribution in [3.05, 3.63) is 6.42 Å². The molecule has 0 amide bonds. The van der Waals surface area contributed by atoms with Gasteiger partial charge in [0, 0.05) is 0 Å². The van der Waals surface area contributed by atoms with Crippen LogP contribution in [0.2, 0.25) is 0 Å². The van der Waals surface area contributed by atoms with E-state index in [1.165, 1.54) is 0 Å². The summed E-state index contributed by atoms with van der Waals surface area (Å²) in [7, 11) is 0. The van der Waals surface area contributed by atoms with E-state index in [9.17, 15) is 70.2 Å². The Hall–Kier alpha value is -1.12. The van der Waals surface area contributed by atoms with Crippen molar-refractivity contribution in [3.8, 4) is 0 Å². The van der Waals surface area contributed by atoms with Crippen molar-refractivity contribution in [2.45, 2.75) is 42.0 Å². The lowest BCUT2D eigenvalue weighted by Crippen LogP contribution is -2.67. The van der Waals surface area contributed by atoms with Crippen molar-refractivity contribution in [1.29, 1.82) is 0 Å². The molecule has 0 saturated heterocycles. The van der Waals surface area contributed by atoms with Crippen LogP contribution in [-0.2, 0) is 0 Å². The molecule has 0 saturated carbocycles. The van der Waals surface area contributed by atoms with Crippen molar-refractivity contribution >= 4 is 0 Å². The highest BCUT2D eigenvalue weighted by atomic mass is 19.4. The first-order valence-corrected chi connectivity index (χ1v) is 4.77. The van der Waals surface area contributed by atoms with Gasteiger partial charge in [-0.05, 0) is 0 Å². The number of halogens is 16. The van der Waals surface area contributed by atoms with Crippen LogP contribution in [0.4, 0.5) is 70.2 Å². The van der Waals surface area contributed by atoms with Crippen molar-refractivity contribution < 1.29 is 70.2 Å². The van der Waals surface area contributed by atoms with E-state index in [0.29, 0.717) is 0 Å². The van der Waals surface area contributed by atoms with Crippen LogP contribution in [0.5, 0.6) is 0 Å². The monoisotopic (exact) mass is 400 g/mol. The molecule has 0 aromatic carbocycles. The Balaban J connectivity index is 6.04. The number of alkyl halides is 16. The average molecular weight is 400 g/mol. The van der Waals surface area contributed by atoms with Gasteiger partial charge in [-0.3, -0.25) is 0 Å². The first kappa shape index (κ1) is 22.9. The molecule has 2 radical (unpaired) electrons. The molecule has 16 heteroatoms. The fourth-order valence-electron chi connectivity index (χ4n) is 0.919. The maximum atomic E-state index is 12.7. The van der Waals surface area contributed by atoms with Gasteiger partial charge in [-0.2, -0.15) is 70.2 Å². The Morgan fingerprint density at radius 3 is 0.917 bits per heavy atom. The minimum absolute atomic E-state index is 1.68. The van der Waals surface area contributed by atoms with Gasteiger partial charge in [0.1, 0.15) is 0 Å². The third-order valence-electron chi connectivity index (χ3n) is 2.21. The Morgan fingerprint density at radius 1 is 0.333 bits per heavy atom. The lowest BCUT2D eigenvalue weighted by atomic mass is 9.94. The smallest absolute Gasteiger partial charge is 0.199 e.